The third-order valence-electron chi connectivity index (χ3n) is 2.56. The number of rotatable bonds is 4. The molecule has 1 rings (SSSR count). The first-order valence-electron chi connectivity index (χ1n) is 6.37. The number of aliphatic carboxylic acids is 1. The molecule has 124 valence electrons. The van der Waals surface area contributed by atoms with E-state index in [1.54, 1.807) is 0 Å². The number of hydrogen-bond acceptors (Lipinski definition) is 3. The summed E-state index contributed by atoms with van der Waals surface area (Å²) in [5.41, 5.74) is 6.08. The number of halogens is 3. The van der Waals surface area contributed by atoms with Crippen LogP contribution in [0.15, 0.2) is 30.3 Å². The van der Waals surface area contributed by atoms with Gasteiger partial charge in [-0.2, -0.15) is 13.2 Å². The van der Waals surface area contributed by atoms with Crippen molar-refractivity contribution in [2.45, 2.75) is 32.0 Å². The van der Waals surface area contributed by atoms with Gasteiger partial charge >= 0.3 is 12.1 Å². The van der Waals surface area contributed by atoms with Gasteiger partial charge in [0.2, 0.25) is 5.91 Å². The average molecular weight is 320 g/mol. The maximum absolute atomic E-state index is 11.4. The first-order valence-corrected chi connectivity index (χ1v) is 6.37. The molecule has 0 aliphatic heterocycles. The Kier molecular flexibility index (Phi) is 7.58. The summed E-state index contributed by atoms with van der Waals surface area (Å²) in [6, 6.07) is 9.89. The molecule has 1 amide bonds. The third kappa shape index (κ3) is 7.63. The van der Waals surface area contributed by atoms with Gasteiger partial charge < -0.3 is 16.2 Å². The lowest BCUT2D eigenvalue weighted by Gasteiger charge is -2.26. The van der Waals surface area contributed by atoms with E-state index in [0.29, 0.717) is 13.0 Å². The third-order valence-corrected chi connectivity index (χ3v) is 2.56. The lowest BCUT2D eigenvalue weighted by atomic mass is 9.94. The zero-order valence-corrected chi connectivity index (χ0v) is 12.3. The van der Waals surface area contributed by atoms with Crippen molar-refractivity contribution in [2.75, 3.05) is 6.54 Å². The van der Waals surface area contributed by atoms with Gasteiger partial charge in [-0.05, 0) is 19.4 Å². The number of amides is 1. The fraction of sp³-hybridized carbons (Fsp3) is 0.429. The Morgan fingerprint density at radius 2 is 1.64 bits per heavy atom. The smallest absolute Gasteiger partial charge is 0.475 e. The standard InChI is InChI=1S/C12H18N2O.C2HF3O2/c1-12(2,14-11(15)8-9-13)10-6-4-3-5-7-10;3-2(4,5)1(6)7/h3-7H,8-9,13H2,1-2H3,(H,14,15);(H,6,7). The summed E-state index contributed by atoms with van der Waals surface area (Å²) in [6.45, 7) is 4.35. The number of benzene rings is 1. The molecule has 0 radical (unpaired) electrons. The molecular weight excluding hydrogens is 301 g/mol. The highest BCUT2D eigenvalue weighted by Crippen LogP contribution is 2.19. The van der Waals surface area contributed by atoms with Gasteiger partial charge in [0.1, 0.15) is 0 Å². The van der Waals surface area contributed by atoms with Crippen molar-refractivity contribution in [3.05, 3.63) is 35.9 Å². The predicted molar refractivity (Wildman–Crippen MR) is 75.0 cm³/mol. The first kappa shape index (κ1) is 19.9. The number of nitrogens with one attached hydrogen (secondary N) is 1. The van der Waals surface area contributed by atoms with Crippen LogP contribution in [0.5, 0.6) is 0 Å². The number of alkyl halides is 3. The van der Waals surface area contributed by atoms with Gasteiger partial charge in [-0.3, -0.25) is 4.79 Å². The second-order valence-corrected chi connectivity index (χ2v) is 4.88. The molecule has 4 N–H and O–H groups in total. The quantitative estimate of drug-likeness (QED) is 0.791. The summed E-state index contributed by atoms with van der Waals surface area (Å²) < 4.78 is 31.7. The molecular formula is C14H19F3N2O3. The van der Waals surface area contributed by atoms with Crippen LogP contribution in [0.1, 0.15) is 25.8 Å². The highest BCUT2D eigenvalue weighted by atomic mass is 19.4. The molecule has 1 aromatic rings. The number of hydrogen-bond donors (Lipinski definition) is 3. The summed E-state index contributed by atoms with van der Waals surface area (Å²) in [6.07, 6.45) is -4.71. The largest absolute Gasteiger partial charge is 0.490 e. The van der Waals surface area contributed by atoms with Crippen molar-refractivity contribution in [3.8, 4) is 0 Å². The maximum Gasteiger partial charge on any atom is 0.490 e. The molecule has 0 bridgehead atoms. The van der Waals surface area contributed by atoms with Gasteiger partial charge in [-0.15, -0.1) is 0 Å². The van der Waals surface area contributed by atoms with Crippen molar-refractivity contribution < 1.29 is 27.9 Å². The van der Waals surface area contributed by atoms with E-state index in [2.05, 4.69) is 5.32 Å². The number of carboxylic acid groups (broad SMARTS) is 1. The molecule has 0 atom stereocenters. The van der Waals surface area contributed by atoms with E-state index in [1.807, 2.05) is 44.2 Å². The zero-order chi connectivity index (χ0) is 17.4. The minimum atomic E-state index is -5.08. The summed E-state index contributed by atoms with van der Waals surface area (Å²) in [7, 11) is 0. The van der Waals surface area contributed by atoms with Crippen LogP contribution in [-0.2, 0) is 15.1 Å². The highest BCUT2D eigenvalue weighted by molar-refractivity contribution is 5.77. The Morgan fingerprint density at radius 1 is 1.18 bits per heavy atom. The lowest BCUT2D eigenvalue weighted by molar-refractivity contribution is -0.192. The Hall–Kier alpha value is -2.09. The van der Waals surface area contributed by atoms with Crippen LogP contribution in [0.4, 0.5) is 13.2 Å². The minimum absolute atomic E-state index is 0.00801. The van der Waals surface area contributed by atoms with Gasteiger partial charge in [-0.1, -0.05) is 30.3 Å². The molecule has 0 aliphatic rings. The van der Waals surface area contributed by atoms with Crippen molar-refractivity contribution in [1.29, 1.82) is 0 Å². The monoisotopic (exact) mass is 320 g/mol. The van der Waals surface area contributed by atoms with Crippen LogP contribution in [0, 0.1) is 0 Å². The van der Waals surface area contributed by atoms with E-state index in [9.17, 15) is 18.0 Å². The molecule has 8 heteroatoms. The Morgan fingerprint density at radius 3 is 2.00 bits per heavy atom. The predicted octanol–water partition coefficient (Wildman–Crippen LogP) is 2.02. The van der Waals surface area contributed by atoms with E-state index >= 15 is 0 Å². The van der Waals surface area contributed by atoms with Crippen LogP contribution in [0.25, 0.3) is 0 Å². The molecule has 5 nitrogen and oxygen atoms in total. The van der Waals surface area contributed by atoms with Crippen molar-refractivity contribution in [3.63, 3.8) is 0 Å². The number of carbonyl (C=O) groups is 2. The fourth-order valence-corrected chi connectivity index (χ4v) is 1.47. The molecule has 0 heterocycles. The van der Waals surface area contributed by atoms with E-state index in [1.165, 1.54) is 0 Å². The molecule has 0 fully saturated rings. The minimum Gasteiger partial charge on any atom is -0.475 e. The van der Waals surface area contributed by atoms with Crippen LogP contribution in [0.3, 0.4) is 0 Å². The molecule has 0 aliphatic carbocycles. The summed E-state index contributed by atoms with van der Waals surface area (Å²) >= 11 is 0. The average Bonchev–Trinajstić information content (AvgIpc) is 2.39. The van der Waals surface area contributed by atoms with Crippen LogP contribution in [-0.4, -0.2) is 29.7 Å². The zero-order valence-electron chi connectivity index (χ0n) is 12.3. The van der Waals surface area contributed by atoms with E-state index < -0.39 is 12.1 Å². The van der Waals surface area contributed by atoms with Gasteiger partial charge in [0.05, 0.1) is 5.54 Å². The summed E-state index contributed by atoms with van der Waals surface area (Å²) in [5, 5.41) is 10.1. The molecule has 0 saturated carbocycles. The fourth-order valence-electron chi connectivity index (χ4n) is 1.47. The number of carbonyl (C=O) groups excluding carboxylic acids is 1. The van der Waals surface area contributed by atoms with Crippen LogP contribution < -0.4 is 11.1 Å². The second kappa shape index (κ2) is 8.38. The van der Waals surface area contributed by atoms with E-state index in [0.717, 1.165) is 5.56 Å². The van der Waals surface area contributed by atoms with Crippen LogP contribution in [0.2, 0.25) is 0 Å². The highest BCUT2D eigenvalue weighted by Gasteiger charge is 2.38. The lowest BCUT2D eigenvalue weighted by Crippen LogP contribution is -2.41. The topological polar surface area (TPSA) is 92.4 Å². The second-order valence-electron chi connectivity index (χ2n) is 4.88. The Labute approximate surface area is 126 Å². The van der Waals surface area contributed by atoms with E-state index in [4.69, 9.17) is 15.6 Å². The molecule has 0 saturated heterocycles. The number of carboxylic acids is 1. The van der Waals surface area contributed by atoms with Crippen molar-refractivity contribution in [2.24, 2.45) is 5.73 Å². The Balaban J connectivity index is 0.000000534. The molecule has 22 heavy (non-hydrogen) atoms. The molecule has 0 spiro atoms. The van der Waals surface area contributed by atoms with Crippen molar-refractivity contribution in [1.82, 2.24) is 5.32 Å². The summed E-state index contributed by atoms with van der Waals surface area (Å²) in [5.74, 6) is -2.76. The van der Waals surface area contributed by atoms with Crippen molar-refractivity contribution >= 4 is 11.9 Å². The van der Waals surface area contributed by atoms with Gasteiger partial charge in [0, 0.05) is 13.0 Å². The van der Waals surface area contributed by atoms with E-state index in [-0.39, 0.29) is 11.4 Å². The van der Waals surface area contributed by atoms with Gasteiger partial charge in [0.15, 0.2) is 0 Å². The Bertz CT molecular complexity index is 488. The SMILES string of the molecule is CC(C)(NC(=O)CCN)c1ccccc1.O=C(O)C(F)(F)F. The maximum atomic E-state index is 11.4. The number of nitrogens with two attached hydrogens (primary N) is 1. The molecule has 1 aromatic carbocycles. The molecule has 0 unspecified atom stereocenters. The van der Waals surface area contributed by atoms with Gasteiger partial charge in [-0.25, -0.2) is 4.79 Å². The first-order chi connectivity index (χ1) is 10.0. The molecule has 0 aromatic heterocycles. The van der Waals surface area contributed by atoms with Gasteiger partial charge in [0.25, 0.3) is 0 Å². The summed E-state index contributed by atoms with van der Waals surface area (Å²) in [4.78, 5) is 20.3. The normalized spacial score (nSPS) is 11.2. The van der Waals surface area contributed by atoms with Crippen LogP contribution >= 0.6 is 0 Å².